The van der Waals surface area contributed by atoms with Gasteiger partial charge < -0.3 is 9.26 Å². The van der Waals surface area contributed by atoms with Gasteiger partial charge in [0.1, 0.15) is 6.26 Å². The third kappa shape index (κ3) is 1.53. The molecule has 0 radical (unpaired) electrons. The lowest BCUT2D eigenvalue weighted by Gasteiger charge is -2.00. The summed E-state index contributed by atoms with van der Waals surface area (Å²) in [6, 6.07) is 4.98. The largest absolute Gasteiger partial charge is 0.465 e. The van der Waals surface area contributed by atoms with Crippen molar-refractivity contribution in [1.82, 2.24) is 19.8 Å². The number of fused-ring (bicyclic) bond motifs is 1. The Kier molecular flexibility index (Phi) is 2.30. The van der Waals surface area contributed by atoms with Crippen molar-refractivity contribution in [2.24, 2.45) is 0 Å². The predicted molar refractivity (Wildman–Crippen MR) is 59.8 cm³/mol. The molecule has 0 saturated heterocycles. The van der Waals surface area contributed by atoms with E-state index in [1.165, 1.54) is 13.4 Å². The molecule has 0 aliphatic heterocycles. The molecule has 0 atom stereocenters. The summed E-state index contributed by atoms with van der Waals surface area (Å²) in [4.78, 5) is 11.5. The fraction of sp³-hybridized carbons (Fsp3) is 0.0909. The molecule has 3 heterocycles. The molecule has 0 aromatic carbocycles. The summed E-state index contributed by atoms with van der Waals surface area (Å²) < 4.78 is 11.1. The standard InChI is InChI=1S/C11H8N4O3/c1-17-11(16)7-2-3-9-12-13-10(15(9)6-7)8-4-5-18-14-8/h2-6H,1H3. The second-order valence-corrected chi connectivity index (χ2v) is 3.55. The molecule has 18 heavy (non-hydrogen) atoms. The summed E-state index contributed by atoms with van der Waals surface area (Å²) in [5, 5.41) is 11.8. The van der Waals surface area contributed by atoms with Crippen LogP contribution >= 0.6 is 0 Å². The number of carbonyl (C=O) groups excluding carboxylic acids is 1. The maximum atomic E-state index is 11.5. The van der Waals surface area contributed by atoms with Crippen LogP contribution in [0.4, 0.5) is 0 Å². The van der Waals surface area contributed by atoms with Crippen LogP contribution < -0.4 is 0 Å². The highest BCUT2D eigenvalue weighted by atomic mass is 16.5. The number of pyridine rings is 1. The second kappa shape index (κ2) is 3.95. The average molecular weight is 244 g/mol. The minimum atomic E-state index is -0.420. The first kappa shape index (κ1) is 10.5. The van der Waals surface area contributed by atoms with Crippen LogP contribution in [0.3, 0.4) is 0 Å². The molecule has 0 amide bonds. The maximum Gasteiger partial charge on any atom is 0.339 e. The van der Waals surface area contributed by atoms with Gasteiger partial charge in [-0.25, -0.2) is 4.79 Å². The fourth-order valence-electron chi connectivity index (χ4n) is 1.63. The Hall–Kier alpha value is -2.70. The van der Waals surface area contributed by atoms with Crippen molar-refractivity contribution >= 4 is 11.6 Å². The van der Waals surface area contributed by atoms with Gasteiger partial charge in [-0.05, 0) is 12.1 Å². The van der Waals surface area contributed by atoms with Gasteiger partial charge in [0.15, 0.2) is 17.2 Å². The molecule has 0 bridgehead atoms. The molecule has 7 heteroatoms. The van der Waals surface area contributed by atoms with Gasteiger partial charge in [0.25, 0.3) is 0 Å². The van der Waals surface area contributed by atoms with Crippen molar-refractivity contribution in [3.63, 3.8) is 0 Å². The smallest absolute Gasteiger partial charge is 0.339 e. The van der Waals surface area contributed by atoms with Crippen molar-refractivity contribution in [2.75, 3.05) is 7.11 Å². The topological polar surface area (TPSA) is 82.5 Å². The van der Waals surface area contributed by atoms with Gasteiger partial charge in [-0.2, -0.15) is 0 Å². The summed E-state index contributed by atoms with van der Waals surface area (Å²) in [5.74, 6) is 0.0844. The monoisotopic (exact) mass is 244 g/mol. The van der Waals surface area contributed by atoms with Crippen molar-refractivity contribution in [1.29, 1.82) is 0 Å². The van der Waals surface area contributed by atoms with Crippen LogP contribution in [0.5, 0.6) is 0 Å². The number of hydrogen-bond donors (Lipinski definition) is 0. The lowest BCUT2D eigenvalue weighted by Crippen LogP contribution is -2.03. The molecule has 0 N–H and O–H groups in total. The number of ether oxygens (including phenoxy) is 1. The Morgan fingerprint density at radius 3 is 2.94 bits per heavy atom. The van der Waals surface area contributed by atoms with Crippen LogP contribution in [-0.2, 0) is 4.74 Å². The summed E-state index contributed by atoms with van der Waals surface area (Å²) in [5.41, 5.74) is 1.57. The molecule has 3 aromatic rings. The molecule has 0 saturated carbocycles. The first-order valence-electron chi connectivity index (χ1n) is 5.13. The highest BCUT2D eigenvalue weighted by molar-refractivity contribution is 5.89. The lowest BCUT2D eigenvalue weighted by atomic mass is 10.3. The quantitative estimate of drug-likeness (QED) is 0.629. The average Bonchev–Trinajstić information content (AvgIpc) is 3.05. The molecule has 0 fully saturated rings. The van der Waals surface area contributed by atoms with Crippen LogP contribution in [0.1, 0.15) is 10.4 Å². The summed E-state index contributed by atoms with van der Waals surface area (Å²) in [6.45, 7) is 0. The normalized spacial score (nSPS) is 10.7. The Morgan fingerprint density at radius 2 is 2.22 bits per heavy atom. The minimum Gasteiger partial charge on any atom is -0.465 e. The number of nitrogens with zero attached hydrogens (tertiary/aromatic N) is 4. The van der Waals surface area contributed by atoms with E-state index in [2.05, 4.69) is 20.1 Å². The SMILES string of the molecule is COC(=O)c1ccc2nnc(-c3ccon3)n2c1. The zero-order valence-electron chi connectivity index (χ0n) is 9.40. The molecule has 3 rings (SSSR count). The van der Waals surface area contributed by atoms with Gasteiger partial charge in [-0.1, -0.05) is 5.16 Å². The number of aromatic nitrogens is 4. The van der Waals surface area contributed by atoms with Crippen molar-refractivity contribution in [3.05, 3.63) is 36.2 Å². The number of methoxy groups -OCH3 is 1. The van der Waals surface area contributed by atoms with Crippen LogP contribution in [0.15, 0.2) is 35.2 Å². The zero-order chi connectivity index (χ0) is 12.5. The molecule has 0 spiro atoms. The van der Waals surface area contributed by atoms with Gasteiger partial charge >= 0.3 is 5.97 Å². The minimum absolute atomic E-state index is 0.412. The highest BCUT2D eigenvalue weighted by Gasteiger charge is 2.13. The first-order valence-corrected chi connectivity index (χ1v) is 5.13. The van der Waals surface area contributed by atoms with Crippen molar-refractivity contribution in [3.8, 4) is 11.5 Å². The second-order valence-electron chi connectivity index (χ2n) is 3.55. The Morgan fingerprint density at radius 1 is 1.33 bits per heavy atom. The van der Waals surface area contributed by atoms with E-state index in [0.717, 1.165) is 0 Å². The fourth-order valence-corrected chi connectivity index (χ4v) is 1.63. The predicted octanol–water partition coefficient (Wildman–Crippen LogP) is 1.17. The third-order valence-electron chi connectivity index (χ3n) is 2.49. The van der Waals surface area contributed by atoms with E-state index >= 15 is 0 Å². The zero-order valence-corrected chi connectivity index (χ0v) is 9.40. The molecule has 90 valence electrons. The molecule has 0 aliphatic carbocycles. The third-order valence-corrected chi connectivity index (χ3v) is 2.49. The lowest BCUT2D eigenvalue weighted by molar-refractivity contribution is 0.0600. The summed E-state index contributed by atoms with van der Waals surface area (Å²) in [7, 11) is 1.33. The van der Waals surface area contributed by atoms with Crippen molar-refractivity contribution < 1.29 is 14.1 Å². The van der Waals surface area contributed by atoms with E-state index in [4.69, 9.17) is 4.52 Å². The van der Waals surface area contributed by atoms with Gasteiger partial charge in [-0.15, -0.1) is 10.2 Å². The first-order chi connectivity index (χ1) is 8.79. The van der Waals surface area contributed by atoms with Crippen LogP contribution in [0.25, 0.3) is 17.2 Å². The Labute approximate surface area is 101 Å². The maximum absolute atomic E-state index is 11.5. The van der Waals surface area contributed by atoms with Gasteiger partial charge in [0.05, 0.1) is 12.7 Å². The molecule has 7 nitrogen and oxygen atoms in total. The van der Waals surface area contributed by atoms with Gasteiger partial charge in [0.2, 0.25) is 0 Å². The van der Waals surface area contributed by atoms with Crippen LogP contribution in [-0.4, -0.2) is 32.8 Å². The van der Waals surface area contributed by atoms with E-state index in [9.17, 15) is 4.79 Å². The van der Waals surface area contributed by atoms with E-state index in [0.29, 0.717) is 22.7 Å². The molecule has 3 aromatic heterocycles. The highest BCUT2D eigenvalue weighted by Crippen LogP contribution is 2.17. The number of hydrogen-bond acceptors (Lipinski definition) is 6. The van der Waals surface area contributed by atoms with E-state index in [1.54, 1.807) is 28.8 Å². The molecular formula is C11H8N4O3. The summed E-state index contributed by atoms with van der Waals surface area (Å²) in [6.07, 6.45) is 3.05. The summed E-state index contributed by atoms with van der Waals surface area (Å²) >= 11 is 0. The van der Waals surface area contributed by atoms with E-state index in [-0.39, 0.29) is 0 Å². The Balaban J connectivity index is 2.19. The Bertz CT molecular complexity index is 702. The van der Waals surface area contributed by atoms with Crippen LogP contribution in [0, 0.1) is 0 Å². The number of rotatable bonds is 2. The van der Waals surface area contributed by atoms with Gasteiger partial charge in [0, 0.05) is 12.3 Å². The van der Waals surface area contributed by atoms with E-state index in [1.807, 2.05) is 0 Å². The number of esters is 1. The number of carbonyl (C=O) groups is 1. The van der Waals surface area contributed by atoms with Gasteiger partial charge in [-0.3, -0.25) is 4.40 Å². The molecule has 0 unspecified atom stereocenters. The van der Waals surface area contributed by atoms with Crippen molar-refractivity contribution in [2.45, 2.75) is 0 Å². The van der Waals surface area contributed by atoms with Crippen LogP contribution in [0.2, 0.25) is 0 Å². The molecule has 0 aliphatic rings. The molecular weight excluding hydrogens is 236 g/mol. The van der Waals surface area contributed by atoms with E-state index < -0.39 is 5.97 Å².